The first kappa shape index (κ1) is 19.3. The van der Waals surface area contributed by atoms with Crippen LogP contribution in [0.5, 0.6) is 0 Å². The molecule has 2 heterocycles. The Bertz CT molecular complexity index is 864. The van der Waals surface area contributed by atoms with Crippen LogP contribution in [0.1, 0.15) is 46.5 Å². The van der Waals surface area contributed by atoms with Crippen LogP contribution in [0.4, 0.5) is 4.39 Å². The average Bonchev–Trinajstić information content (AvgIpc) is 3.04. The van der Waals surface area contributed by atoms with E-state index in [1.165, 1.54) is 18.3 Å². The summed E-state index contributed by atoms with van der Waals surface area (Å²) in [6.07, 6.45) is 3.01. The molecule has 0 bridgehead atoms. The van der Waals surface area contributed by atoms with Gasteiger partial charge in [0.15, 0.2) is 6.04 Å². The highest BCUT2D eigenvalue weighted by Crippen LogP contribution is 2.24. The molecular weight excluding hydrogens is 377 g/mol. The summed E-state index contributed by atoms with van der Waals surface area (Å²) in [4.78, 5) is 24.2. The van der Waals surface area contributed by atoms with Gasteiger partial charge in [-0.3, -0.25) is 9.48 Å². The number of carboxylic acid groups (broad SMARTS) is 1. The van der Waals surface area contributed by atoms with Gasteiger partial charge in [0.05, 0.1) is 22.8 Å². The molecule has 1 fully saturated rings. The van der Waals surface area contributed by atoms with Gasteiger partial charge in [0.25, 0.3) is 5.91 Å². The van der Waals surface area contributed by atoms with Crippen molar-refractivity contribution in [1.82, 2.24) is 15.1 Å². The maximum atomic E-state index is 13.7. The maximum absolute atomic E-state index is 13.7. The molecule has 1 saturated heterocycles. The first-order valence-corrected chi connectivity index (χ1v) is 8.86. The third-order valence-corrected chi connectivity index (χ3v) is 4.93. The van der Waals surface area contributed by atoms with Crippen molar-refractivity contribution in [3.8, 4) is 0 Å². The van der Waals surface area contributed by atoms with Crippen molar-refractivity contribution >= 4 is 23.5 Å². The van der Waals surface area contributed by atoms with Crippen molar-refractivity contribution in [2.75, 3.05) is 13.2 Å². The number of benzene rings is 1. The molecule has 1 aromatic carbocycles. The summed E-state index contributed by atoms with van der Waals surface area (Å²) in [5, 5.41) is 16.0. The van der Waals surface area contributed by atoms with Crippen molar-refractivity contribution < 1.29 is 23.8 Å². The fourth-order valence-electron chi connectivity index (χ4n) is 3.13. The molecule has 0 saturated carbocycles. The van der Waals surface area contributed by atoms with Crippen LogP contribution in [-0.4, -0.2) is 40.0 Å². The van der Waals surface area contributed by atoms with Crippen LogP contribution in [0.3, 0.4) is 0 Å². The molecule has 1 aromatic heterocycles. The van der Waals surface area contributed by atoms with E-state index in [2.05, 4.69) is 10.4 Å². The zero-order chi connectivity index (χ0) is 19.6. The van der Waals surface area contributed by atoms with Crippen LogP contribution in [0, 0.1) is 12.7 Å². The van der Waals surface area contributed by atoms with Crippen LogP contribution < -0.4 is 5.32 Å². The zero-order valence-corrected chi connectivity index (χ0v) is 15.4. The van der Waals surface area contributed by atoms with Gasteiger partial charge in [-0.05, 0) is 37.5 Å². The summed E-state index contributed by atoms with van der Waals surface area (Å²) in [6.45, 7) is 3.03. The Morgan fingerprint density at radius 2 is 2.11 bits per heavy atom. The molecule has 1 atom stereocenters. The van der Waals surface area contributed by atoms with Gasteiger partial charge in [-0.25, -0.2) is 9.18 Å². The standard InChI is InChI=1S/C18H19ClFN3O4/c1-10-13(9-21-23(10)12-4-6-27-7-5-12)17(24)22-16(18(25)26)11-2-3-14(19)15(20)8-11/h2-3,8-9,12,16H,4-7H2,1H3,(H,22,24)(H,25,26). The minimum absolute atomic E-state index is 0.0900. The molecular formula is C18H19ClFN3O4. The molecule has 0 radical (unpaired) electrons. The molecule has 2 N–H and O–H groups in total. The number of nitrogens with zero attached hydrogens (tertiary/aromatic N) is 2. The molecule has 7 nitrogen and oxygen atoms in total. The molecule has 9 heteroatoms. The van der Waals surface area contributed by atoms with E-state index in [0.29, 0.717) is 18.9 Å². The highest BCUT2D eigenvalue weighted by molar-refractivity contribution is 6.30. The molecule has 144 valence electrons. The molecule has 1 aliphatic heterocycles. The second kappa shape index (κ2) is 8.06. The first-order chi connectivity index (χ1) is 12.9. The Morgan fingerprint density at radius 1 is 1.41 bits per heavy atom. The van der Waals surface area contributed by atoms with Gasteiger partial charge in [0, 0.05) is 18.9 Å². The predicted molar refractivity (Wildman–Crippen MR) is 95.3 cm³/mol. The van der Waals surface area contributed by atoms with Crippen molar-refractivity contribution in [1.29, 1.82) is 0 Å². The summed E-state index contributed by atoms with van der Waals surface area (Å²) in [5.74, 6) is -2.65. The van der Waals surface area contributed by atoms with Crippen molar-refractivity contribution in [2.24, 2.45) is 0 Å². The van der Waals surface area contributed by atoms with Crippen molar-refractivity contribution in [2.45, 2.75) is 31.8 Å². The number of halogens is 2. The van der Waals surface area contributed by atoms with Crippen molar-refractivity contribution in [3.63, 3.8) is 0 Å². The smallest absolute Gasteiger partial charge is 0.330 e. The molecule has 1 unspecified atom stereocenters. The minimum Gasteiger partial charge on any atom is -0.479 e. The third-order valence-electron chi connectivity index (χ3n) is 4.63. The second-order valence-corrected chi connectivity index (χ2v) is 6.76. The number of carboxylic acids is 1. The largest absolute Gasteiger partial charge is 0.479 e. The van der Waals surface area contributed by atoms with E-state index >= 15 is 0 Å². The number of hydrogen-bond acceptors (Lipinski definition) is 4. The molecule has 27 heavy (non-hydrogen) atoms. The Balaban J connectivity index is 1.81. The van der Waals surface area contributed by atoms with E-state index in [1.807, 2.05) is 0 Å². The van der Waals surface area contributed by atoms with Gasteiger partial charge in [-0.1, -0.05) is 17.7 Å². The molecule has 1 aliphatic rings. The minimum atomic E-state index is -1.41. The lowest BCUT2D eigenvalue weighted by Crippen LogP contribution is -2.34. The topological polar surface area (TPSA) is 93.5 Å². The number of carbonyl (C=O) groups is 2. The van der Waals surface area contributed by atoms with E-state index in [4.69, 9.17) is 16.3 Å². The number of ether oxygens (including phenoxy) is 1. The van der Waals surface area contributed by atoms with Crippen LogP contribution in [0.15, 0.2) is 24.4 Å². The Morgan fingerprint density at radius 3 is 2.74 bits per heavy atom. The fourth-order valence-corrected chi connectivity index (χ4v) is 3.25. The van der Waals surface area contributed by atoms with E-state index < -0.39 is 23.7 Å². The Labute approximate surface area is 160 Å². The normalized spacial score (nSPS) is 16.1. The first-order valence-electron chi connectivity index (χ1n) is 8.49. The number of aliphatic carboxylic acids is 1. The van der Waals surface area contributed by atoms with E-state index in [0.717, 1.165) is 18.9 Å². The monoisotopic (exact) mass is 395 g/mol. The maximum Gasteiger partial charge on any atom is 0.330 e. The number of nitrogens with one attached hydrogen (secondary N) is 1. The highest BCUT2D eigenvalue weighted by Gasteiger charge is 2.27. The lowest BCUT2D eigenvalue weighted by molar-refractivity contribution is -0.139. The van der Waals surface area contributed by atoms with Gasteiger partial charge in [0.1, 0.15) is 5.82 Å². The van der Waals surface area contributed by atoms with Crippen LogP contribution in [0.25, 0.3) is 0 Å². The number of amides is 1. The SMILES string of the molecule is Cc1c(C(=O)NC(C(=O)O)c2ccc(Cl)c(F)c2)cnn1C1CCOCC1. The summed E-state index contributed by atoms with van der Waals surface area (Å²) >= 11 is 5.63. The van der Waals surface area contributed by atoms with Gasteiger partial charge < -0.3 is 15.2 Å². The van der Waals surface area contributed by atoms with Gasteiger partial charge in [0.2, 0.25) is 0 Å². The molecule has 3 rings (SSSR count). The predicted octanol–water partition coefficient (Wildman–Crippen LogP) is 2.89. The third kappa shape index (κ3) is 4.12. The lowest BCUT2D eigenvalue weighted by atomic mass is 10.1. The zero-order valence-electron chi connectivity index (χ0n) is 14.6. The summed E-state index contributed by atoms with van der Waals surface area (Å²) in [7, 11) is 0. The Kier molecular flexibility index (Phi) is 5.76. The van der Waals surface area contributed by atoms with E-state index in [1.54, 1.807) is 11.6 Å². The van der Waals surface area contributed by atoms with Crippen LogP contribution in [0.2, 0.25) is 5.02 Å². The van der Waals surface area contributed by atoms with E-state index in [9.17, 15) is 19.1 Å². The van der Waals surface area contributed by atoms with E-state index in [-0.39, 0.29) is 22.2 Å². The lowest BCUT2D eigenvalue weighted by Gasteiger charge is -2.23. The molecule has 0 spiro atoms. The molecule has 2 aromatic rings. The second-order valence-electron chi connectivity index (χ2n) is 6.35. The van der Waals surface area contributed by atoms with Crippen molar-refractivity contribution in [3.05, 3.63) is 52.1 Å². The summed E-state index contributed by atoms with van der Waals surface area (Å²) in [6, 6.07) is 2.35. The van der Waals surface area contributed by atoms with Crippen LogP contribution in [-0.2, 0) is 9.53 Å². The molecule has 0 aliphatic carbocycles. The van der Waals surface area contributed by atoms with Gasteiger partial charge >= 0.3 is 5.97 Å². The number of rotatable bonds is 5. The van der Waals surface area contributed by atoms with Crippen LogP contribution >= 0.6 is 11.6 Å². The molecule has 1 amide bonds. The van der Waals surface area contributed by atoms with Gasteiger partial charge in [-0.2, -0.15) is 5.10 Å². The quantitative estimate of drug-likeness (QED) is 0.811. The summed E-state index contributed by atoms with van der Waals surface area (Å²) in [5.41, 5.74) is 1.01. The number of hydrogen-bond donors (Lipinski definition) is 2. The highest BCUT2D eigenvalue weighted by atomic mass is 35.5. The average molecular weight is 396 g/mol. The fraction of sp³-hybridized carbons (Fsp3) is 0.389. The Hall–Kier alpha value is -2.45. The number of carbonyl (C=O) groups excluding carboxylic acids is 1. The number of aromatic nitrogens is 2. The summed E-state index contributed by atoms with van der Waals surface area (Å²) < 4.78 is 20.8. The van der Waals surface area contributed by atoms with Gasteiger partial charge in [-0.15, -0.1) is 0 Å².